The first-order chi connectivity index (χ1) is 13.8. The molecule has 9 heteroatoms. The number of fused-ring (bicyclic) bond motifs is 1. The van der Waals surface area contributed by atoms with E-state index in [1.165, 1.54) is 19.3 Å². The standard InChI is InChI=1S/C20H25F3N6/c1-12(14-3-2-4-14)26-19-17-18(27-16(9-24)28-19)25-11-29(17)10-13-5-7-15(8-6-13)20(21,22)23/h11-15H,2-8,10H2,1H3,(H,26,27,28)/t12-,13-,15-/m1/s1. The highest BCUT2D eigenvalue weighted by Crippen LogP contribution is 2.40. The third kappa shape index (κ3) is 4.16. The predicted molar refractivity (Wildman–Crippen MR) is 102 cm³/mol. The van der Waals surface area contributed by atoms with Crippen molar-refractivity contribution in [1.82, 2.24) is 19.5 Å². The average molecular weight is 406 g/mol. The quantitative estimate of drug-likeness (QED) is 0.781. The highest BCUT2D eigenvalue weighted by molar-refractivity contribution is 5.83. The molecule has 2 aliphatic carbocycles. The molecule has 0 aromatic carbocycles. The molecule has 0 amide bonds. The van der Waals surface area contributed by atoms with Crippen LogP contribution in [0.1, 0.15) is 57.7 Å². The number of nitriles is 1. The molecule has 1 atom stereocenters. The van der Waals surface area contributed by atoms with Crippen LogP contribution < -0.4 is 5.32 Å². The zero-order chi connectivity index (χ0) is 20.6. The van der Waals surface area contributed by atoms with Gasteiger partial charge in [0.2, 0.25) is 5.82 Å². The molecule has 6 nitrogen and oxygen atoms in total. The van der Waals surface area contributed by atoms with E-state index in [2.05, 4.69) is 27.2 Å². The summed E-state index contributed by atoms with van der Waals surface area (Å²) in [5.74, 6) is 0.225. The SMILES string of the molecule is C[C@@H](Nc1nc(C#N)nc2ncn(C[C@H]3CC[C@H](C(F)(F)F)CC3)c12)C1CCC1. The van der Waals surface area contributed by atoms with E-state index in [4.69, 9.17) is 0 Å². The van der Waals surface area contributed by atoms with E-state index in [1.807, 2.05) is 10.6 Å². The van der Waals surface area contributed by atoms with Crippen LogP contribution in [0, 0.1) is 29.1 Å². The smallest absolute Gasteiger partial charge is 0.365 e. The second-order valence-corrected chi connectivity index (χ2v) is 8.46. The van der Waals surface area contributed by atoms with Crippen molar-refractivity contribution in [3.63, 3.8) is 0 Å². The van der Waals surface area contributed by atoms with E-state index in [-0.39, 0.29) is 30.6 Å². The van der Waals surface area contributed by atoms with Crippen molar-refractivity contribution < 1.29 is 13.2 Å². The van der Waals surface area contributed by atoms with Gasteiger partial charge >= 0.3 is 6.18 Å². The van der Waals surface area contributed by atoms with E-state index >= 15 is 0 Å². The Morgan fingerprint density at radius 3 is 2.52 bits per heavy atom. The van der Waals surface area contributed by atoms with Crippen molar-refractivity contribution >= 4 is 17.0 Å². The van der Waals surface area contributed by atoms with E-state index < -0.39 is 12.1 Å². The third-order valence-corrected chi connectivity index (χ3v) is 6.56. The molecule has 0 aliphatic heterocycles. The number of aromatic nitrogens is 4. The summed E-state index contributed by atoms with van der Waals surface area (Å²) in [7, 11) is 0. The Morgan fingerprint density at radius 2 is 1.93 bits per heavy atom. The van der Waals surface area contributed by atoms with Crippen LogP contribution >= 0.6 is 0 Å². The number of halogens is 3. The highest BCUT2D eigenvalue weighted by atomic mass is 19.4. The van der Waals surface area contributed by atoms with Gasteiger partial charge in [-0.3, -0.25) is 0 Å². The largest absolute Gasteiger partial charge is 0.391 e. The summed E-state index contributed by atoms with van der Waals surface area (Å²) in [6.45, 7) is 2.70. The maximum atomic E-state index is 12.9. The summed E-state index contributed by atoms with van der Waals surface area (Å²) >= 11 is 0. The maximum Gasteiger partial charge on any atom is 0.391 e. The van der Waals surface area contributed by atoms with Crippen LogP contribution in [0.2, 0.25) is 0 Å². The minimum atomic E-state index is -4.09. The Morgan fingerprint density at radius 1 is 1.21 bits per heavy atom. The molecule has 2 aromatic heterocycles. The van der Waals surface area contributed by atoms with Crippen molar-refractivity contribution in [2.24, 2.45) is 17.8 Å². The Kier molecular flexibility index (Phi) is 5.36. The van der Waals surface area contributed by atoms with Crippen LogP contribution in [0.5, 0.6) is 0 Å². The van der Waals surface area contributed by atoms with Crippen molar-refractivity contribution in [2.45, 2.75) is 70.6 Å². The minimum absolute atomic E-state index is 0.0664. The zero-order valence-corrected chi connectivity index (χ0v) is 16.4. The van der Waals surface area contributed by atoms with Gasteiger partial charge in [0, 0.05) is 12.6 Å². The van der Waals surface area contributed by atoms with Gasteiger partial charge < -0.3 is 9.88 Å². The zero-order valence-electron chi connectivity index (χ0n) is 16.4. The normalized spacial score (nSPS) is 24.1. The van der Waals surface area contributed by atoms with Gasteiger partial charge in [0.15, 0.2) is 11.5 Å². The molecule has 2 fully saturated rings. The fourth-order valence-corrected chi connectivity index (χ4v) is 4.49. The lowest BCUT2D eigenvalue weighted by Gasteiger charge is -2.32. The summed E-state index contributed by atoms with van der Waals surface area (Å²) in [4.78, 5) is 12.9. The number of imidazole rings is 1. The number of hydrogen-bond donors (Lipinski definition) is 1. The van der Waals surface area contributed by atoms with Gasteiger partial charge in [-0.15, -0.1) is 0 Å². The summed E-state index contributed by atoms with van der Waals surface area (Å²) in [6.07, 6.45) is 2.60. The van der Waals surface area contributed by atoms with E-state index in [0.717, 1.165) is 5.52 Å². The van der Waals surface area contributed by atoms with Crippen LogP contribution in [0.4, 0.5) is 19.0 Å². The topological polar surface area (TPSA) is 79.4 Å². The van der Waals surface area contributed by atoms with Gasteiger partial charge in [0.1, 0.15) is 11.6 Å². The number of anilines is 1. The third-order valence-electron chi connectivity index (χ3n) is 6.56. The summed E-state index contributed by atoms with van der Waals surface area (Å²) in [6, 6.07) is 2.20. The lowest BCUT2D eigenvalue weighted by atomic mass is 9.80. The molecule has 29 heavy (non-hydrogen) atoms. The van der Waals surface area contributed by atoms with Gasteiger partial charge in [-0.05, 0) is 57.3 Å². The summed E-state index contributed by atoms with van der Waals surface area (Å²) in [5.41, 5.74) is 1.18. The second kappa shape index (κ2) is 7.81. The molecule has 2 heterocycles. The number of rotatable bonds is 5. The van der Waals surface area contributed by atoms with Crippen molar-refractivity contribution in [3.8, 4) is 6.07 Å². The number of hydrogen-bond acceptors (Lipinski definition) is 5. The van der Waals surface area contributed by atoms with Crippen LogP contribution in [0.25, 0.3) is 11.2 Å². The monoisotopic (exact) mass is 406 g/mol. The predicted octanol–water partition coefficient (Wildman–Crippen LogP) is 4.67. The van der Waals surface area contributed by atoms with Crippen LogP contribution in [0.15, 0.2) is 6.33 Å². The first-order valence-electron chi connectivity index (χ1n) is 10.3. The average Bonchev–Trinajstić information content (AvgIpc) is 3.02. The van der Waals surface area contributed by atoms with Crippen molar-refractivity contribution in [2.75, 3.05) is 5.32 Å². The molecule has 4 rings (SSSR count). The van der Waals surface area contributed by atoms with Gasteiger partial charge in [-0.2, -0.15) is 28.4 Å². The molecule has 2 aromatic rings. The Balaban J connectivity index is 1.55. The van der Waals surface area contributed by atoms with Gasteiger partial charge in [0.25, 0.3) is 0 Å². The van der Waals surface area contributed by atoms with Gasteiger partial charge in [-0.25, -0.2) is 4.98 Å². The lowest BCUT2D eigenvalue weighted by molar-refractivity contribution is -0.184. The van der Waals surface area contributed by atoms with Crippen molar-refractivity contribution in [3.05, 3.63) is 12.2 Å². The molecule has 0 unspecified atom stereocenters. The highest BCUT2D eigenvalue weighted by Gasteiger charge is 2.41. The lowest BCUT2D eigenvalue weighted by Crippen LogP contribution is -2.31. The molecular formula is C20H25F3N6. The molecule has 156 valence electrons. The van der Waals surface area contributed by atoms with Crippen LogP contribution in [0.3, 0.4) is 0 Å². The Hall–Kier alpha value is -2.37. The Labute approximate surface area is 167 Å². The van der Waals surface area contributed by atoms with E-state index in [1.54, 1.807) is 6.33 Å². The molecule has 1 N–H and O–H groups in total. The Bertz CT molecular complexity index is 903. The molecule has 0 bridgehead atoms. The number of alkyl halides is 3. The minimum Gasteiger partial charge on any atom is -0.365 e. The number of nitrogens with one attached hydrogen (secondary N) is 1. The number of nitrogens with zero attached hydrogens (tertiary/aromatic N) is 5. The van der Waals surface area contributed by atoms with Crippen LogP contribution in [-0.2, 0) is 6.54 Å². The molecule has 2 saturated carbocycles. The first kappa shape index (κ1) is 19.9. The van der Waals surface area contributed by atoms with Crippen molar-refractivity contribution in [1.29, 1.82) is 5.26 Å². The van der Waals surface area contributed by atoms with Gasteiger partial charge in [0.05, 0.1) is 12.2 Å². The van der Waals surface area contributed by atoms with E-state index in [0.29, 0.717) is 36.8 Å². The van der Waals surface area contributed by atoms with Crippen LogP contribution in [-0.4, -0.2) is 31.7 Å². The van der Waals surface area contributed by atoms with Gasteiger partial charge in [-0.1, -0.05) is 6.42 Å². The van der Waals surface area contributed by atoms with E-state index in [9.17, 15) is 18.4 Å². The molecule has 0 radical (unpaired) electrons. The molecule has 0 spiro atoms. The molecular weight excluding hydrogens is 381 g/mol. The second-order valence-electron chi connectivity index (χ2n) is 8.46. The molecule has 0 saturated heterocycles. The fourth-order valence-electron chi connectivity index (χ4n) is 4.49. The molecule has 2 aliphatic rings. The fraction of sp³-hybridized carbons (Fsp3) is 0.700. The first-order valence-corrected chi connectivity index (χ1v) is 10.3. The summed E-state index contributed by atoms with van der Waals surface area (Å²) < 4.78 is 40.7. The maximum absolute atomic E-state index is 12.9. The summed E-state index contributed by atoms with van der Waals surface area (Å²) in [5, 5.41) is 12.7.